The lowest BCUT2D eigenvalue weighted by Gasteiger charge is -2.05. The molecule has 0 aliphatic heterocycles. The van der Waals surface area contributed by atoms with Crippen LogP contribution in [0.25, 0.3) is 0 Å². The van der Waals surface area contributed by atoms with Gasteiger partial charge in [-0.15, -0.1) is 0 Å². The van der Waals surface area contributed by atoms with E-state index in [9.17, 15) is 13.6 Å². The van der Waals surface area contributed by atoms with Crippen LogP contribution in [-0.2, 0) is 0 Å². The van der Waals surface area contributed by atoms with Gasteiger partial charge in [0.05, 0.1) is 5.56 Å². The number of nitrogens with zero attached hydrogens (tertiary/aromatic N) is 1. The van der Waals surface area contributed by atoms with Crippen molar-refractivity contribution >= 4 is 5.78 Å². The molecule has 0 atom stereocenters. The molecule has 86 valence electrons. The molecule has 1 aromatic heterocycles. The number of hydrogen-bond donors (Lipinski definition) is 0. The van der Waals surface area contributed by atoms with Crippen molar-refractivity contribution in [2.24, 2.45) is 0 Å². The second kappa shape index (κ2) is 4.41. The van der Waals surface area contributed by atoms with E-state index in [1.807, 2.05) is 0 Å². The van der Waals surface area contributed by atoms with Crippen LogP contribution in [0.1, 0.15) is 21.6 Å². The quantitative estimate of drug-likeness (QED) is 0.746. The average molecular weight is 233 g/mol. The number of carbonyl (C=O) groups is 1. The molecule has 0 bridgehead atoms. The molecule has 0 fully saturated rings. The van der Waals surface area contributed by atoms with Crippen molar-refractivity contribution in [3.8, 4) is 0 Å². The van der Waals surface area contributed by atoms with Crippen LogP contribution in [0.5, 0.6) is 0 Å². The third-order valence-electron chi connectivity index (χ3n) is 2.42. The molecule has 0 saturated heterocycles. The first-order valence-electron chi connectivity index (χ1n) is 5.01. The van der Waals surface area contributed by atoms with E-state index in [1.165, 1.54) is 12.3 Å². The van der Waals surface area contributed by atoms with Gasteiger partial charge in [-0.05, 0) is 37.3 Å². The number of aryl methyl sites for hydroxylation is 1. The summed E-state index contributed by atoms with van der Waals surface area (Å²) in [5, 5.41) is 0. The van der Waals surface area contributed by atoms with Crippen molar-refractivity contribution in [2.75, 3.05) is 0 Å². The molecule has 1 heterocycles. The number of ketones is 1. The van der Waals surface area contributed by atoms with E-state index in [4.69, 9.17) is 0 Å². The largest absolute Gasteiger partial charge is 0.288 e. The highest BCUT2D eigenvalue weighted by Crippen LogP contribution is 2.16. The third-order valence-corrected chi connectivity index (χ3v) is 2.42. The molecule has 0 N–H and O–H groups in total. The molecule has 2 rings (SSSR count). The molecular weight excluding hydrogens is 224 g/mol. The van der Waals surface area contributed by atoms with Crippen molar-refractivity contribution < 1.29 is 13.6 Å². The monoisotopic (exact) mass is 233 g/mol. The number of pyridine rings is 1. The first-order valence-corrected chi connectivity index (χ1v) is 5.01. The van der Waals surface area contributed by atoms with Gasteiger partial charge in [-0.2, -0.15) is 0 Å². The average Bonchev–Trinajstić information content (AvgIpc) is 2.32. The summed E-state index contributed by atoms with van der Waals surface area (Å²) in [4.78, 5) is 15.9. The number of rotatable bonds is 2. The zero-order chi connectivity index (χ0) is 12.4. The molecule has 4 heteroatoms. The topological polar surface area (TPSA) is 30.0 Å². The summed E-state index contributed by atoms with van der Waals surface area (Å²) >= 11 is 0. The molecular formula is C13H9F2NO. The molecule has 0 amide bonds. The van der Waals surface area contributed by atoms with Crippen molar-refractivity contribution in [3.63, 3.8) is 0 Å². The van der Waals surface area contributed by atoms with Crippen molar-refractivity contribution in [1.29, 1.82) is 0 Å². The number of aromatic nitrogens is 1. The van der Waals surface area contributed by atoms with E-state index in [0.29, 0.717) is 5.69 Å². The van der Waals surface area contributed by atoms with Crippen LogP contribution in [0.2, 0.25) is 0 Å². The maximum absolute atomic E-state index is 13.4. The number of benzene rings is 1. The predicted molar refractivity (Wildman–Crippen MR) is 58.8 cm³/mol. The Morgan fingerprint density at radius 2 is 1.94 bits per heavy atom. The van der Waals surface area contributed by atoms with E-state index in [2.05, 4.69) is 4.98 Å². The molecule has 1 aromatic carbocycles. The SMILES string of the molecule is Cc1ncccc1C(=O)c1cc(F)ccc1F. The van der Waals surface area contributed by atoms with Gasteiger partial charge in [-0.3, -0.25) is 9.78 Å². The van der Waals surface area contributed by atoms with Gasteiger partial charge >= 0.3 is 0 Å². The summed E-state index contributed by atoms with van der Waals surface area (Å²) in [6.07, 6.45) is 1.54. The van der Waals surface area contributed by atoms with Crippen LogP contribution >= 0.6 is 0 Å². The molecule has 2 aromatic rings. The van der Waals surface area contributed by atoms with Crippen molar-refractivity contribution in [1.82, 2.24) is 4.98 Å². The number of carbonyl (C=O) groups excluding carboxylic acids is 1. The predicted octanol–water partition coefficient (Wildman–Crippen LogP) is 2.90. The summed E-state index contributed by atoms with van der Waals surface area (Å²) < 4.78 is 26.4. The van der Waals surface area contributed by atoms with E-state index in [-0.39, 0.29) is 11.1 Å². The lowest BCUT2D eigenvalue weighted by atomic mass is 10.0. The van der Waals surface area contributed by atoms with Crippen LogP contribution in [0.15, 0.2) is 36.5 Å². The standard InChI is InChI=1S/C13H9F2NO/c1-8-10(3-2-6-16-8)13(17)11-7-9(14)4-5-12(11)15/h2-7H,1H3. The maximum Gasteiger partial charge on any atom is 0.197 e. The minimum atomic E-state index is -0.736. The summed E-state index contributed by atoms with van der Waals surface area (Å²) in [5.41, 5.74) is 0.485. The zero-order valence-corrected chi connectivity index (χ0v) is 9.08. The molecule has 2 nitrogen and oxygen atoms in total. The van der Waals surface area contributed by atoms with Gasteiger partial charge < -0.3 is 0 Å². The number of halogens is 2. The summed E-state index contributed by atoms with van der Waals surface area (Å²) in [6, 6.07) is 5.92. The summed E-state index contributed by atoms with van der Waals surface area (Å²) in [7, 11) is 0. The van der Waals surface area contributed by atoms with Gasteiger partial charge in [0, 0.05) is 17.5 Å². The minimum Gasteiger partial charge on any atom is -0.288 e. The Kier molecular flexibility index (Phi) is 2.95. The van der Waals surface area contributed by atoms with Gasteiger partial charge in [-0.25, -0.2) is 8.78 Å². The molecule has 0 spiro atoms. The Balaban J connectivity index is 2.51. The fourth-order valence-corrected chi connectivity index (χ4v) is 1.54. The Hall–Kier alpha value is -2.10. The summed E-state index contributed by atoms with van der Waals surface area (Å²) in [5.74, 6) is -1.94. The first-order chi connectivity index (χ1) is 8.09. The van der Waals surface area contributed by atoms with E-state index >= 15 is 0 Å². The molecule has 0 aliphatic carbocycles. The van der Waals surface area contributed by atoms with Crippen LogP contribution in [0.3, 0.4) is 0 Å². The zero-order valence-electron chi connectivity index (χ0n) is 9.08. The molecule has 0 unspecified atom stereocenters. The van der Waals surface area contributed by atoms with Crippen LogP contribution < -0.4 is 0 Å². The van der Waals surface area contributed by atoms with E-state index < -0.39 is 17.4 Å². The fourth-order valence-electron chi connectivity index (χ4n) is 1.54. The van der Waals surface area contributed by atoms with E-state index in [0.717, 1.165) is 18.2 Å². The normalized spacial score (nSPS) is 10.3. The molecule has 0 aliphatic rings. The Morgan fingerprint density at radius 3 is 2.65 bits per heavy atom. The van der Waals surface area contributed by atoms with E-state index in [1.54, 1.807) is 13.0 Å². The van der Waals surface area contributed by atoms with Gasteiger partial charge in [-0.1, -0.05) is 0 Å². The maximum atomic E-state index is 13.4. The summed E-state index contributed by atoms with van der Waals surface area (Å²) in [6.45, 7) is 1.64. The van der Waals surface area contributed by atoms with Crippen molar-refractivity contribution in [2.45, 2.75) is 6.92 Å². The Morgan fingerprint density at radius 1 is 1.18 bits per heavy atom. The fraction of sp³-hybridized carbons (Fsp3) is 0.0769. The van der Waals surface area contributed by atoms with Gasteiger partial charge in [0.1, 0.15) is 11.6 Å². The van der Waals surface area contributed by atoms with Crippen LogP contribution in [0, 0.1) is 18.6 Å². The smallest absolute Gasteiger partial charge is 0.197 e. The molecule has 0 saturated carbocycles. The van der Waals surface area contributed by atoms with Gasteiger partial charge in [0.2, 0.25) is 0 Å². The highest BCUT2D eigenvalue weighted by Gasteiger charge is 2.16. The second-order valence-corrected chi connectivity index (χ2v) is 3.59. The molecule has 17 heavy (non-hydrogen) atoms. The Bertz CT molecular complexity index is 581. The lowest BCUT2D eigenvalue weighted by molar-refractivity contribution is 0.103. The highest BCUT2D eigenvalue weighted by atomic mass is 19.1. The first kappa shape index (κ1) is 11.4. The third kappa shape index (κ3) is 2.20. The van der Waals surface area contributed by atoms with Gasteiger partial charge in [0.25, 0.3) is 0 Å². The van der Waals surface area contributed by atoms with Crippen LogP contribution in [-0.4, -0.2) is 10.8 Å². The number of hydrogen-bond acceptors (Lipinski definition) is 2. The highest BCUT2D eigenvalue weighted by molar-refractivity contribution is 6.09. The molecule has 0 radical (unpaired) electrons. The Labute approximate surface area is 96.9 Å². The second-order valence-electron chi connectivity index (χ2n) is 3.59. The van der Waals surface area contributed by atoms with Gasteiger partial charge in [0.15, 0.2) is 5.78 Å². The lowest BCUT2D eigenvalue weighted by Crippen LogP contribution is -2.07. The van der Waals surface area contributed by atoms with Crippen LogP contribution in [0.4, 0.5) is 8.78 Å². The minimum absolute atomic E-state index is 0.275. The van der Waals surface area contributed by atoms with Crippen molar-refractivity contribution in [3.05, 3.63) is 65.0 Å².